The van der Waals surface area contributed by atoms with Gasteiger partial charge in [-0.2, -0.15) is 0 Å². The Morgan fingerprint density at radius 3 is 2.32 bits per heavy atom. The van der Waals surface area contributed by atoms with Crippen LogP contribution in [0.4, 0.5) is 5.69 Å². The van der Waals surface area contributed by atoms with E-state index in [2.05, 4.69) is 15.9 Å². The van der Waals surface area contributed by atoms with Crippen molar-refractivity contribution in [3.8, 4) is 5.75 Å². The lowest BCUT2D eigenvalue weighted by Gasteiger charge is -2.23. The zero-order chi connectivity index (χ0) is 24.7. The molecule has 0 spiro atoms. The van der Waals surface area contributed by atoms with Gasteiger partial charge >= 0.3 is 5.97 Å². The first-order chi connectivity index (χ1) is 16.3. The predicted molar refractivity (Wildman–Crippen MR) is 140 cm³/mol. The Labute approximate surface area is 217 Å². The standard InChI is InChI=1S/C26H22BrCl2NO4/c1-3-34-26(32)17-7-11-20(12-8-17)30(16-21-22(28)5-4-6-23(21)29)25(31)14-9-18-15-19(27)10-13-24(18)33-2/h4-15H,3,16H2,1-2H3/b14-9+. The lowest BCUT2D eigenvalue weighted by molar-refractivity contribution is -0.114. The molecule has 0 aromatic heterocycles. The minimum absolute atomic E-state index is 0.135. The van der Waals surface area contributed by atoms with Gasteiger partial charge in [0.25, 0.3) is 5.91 Å². The normalized spacial score (nSPS) is 10.9. The number of carbonyl (C=O) groups is 2. The molecule has 0 atom stereocenters. The average molecular weight is 563 g/mol. The van der Waals surface area contributed by atoms with Crippen molar-refractivity contribution in [2.45, 2.75) is 13.5 Å². The van der Waals surface area contributed by atoms with E-state index in [-0.39, 0.29) is 19.1 Å². The topological polar surface area (TPSA) is 55.8 Å². The predicted octanol–water partition coefficient (Wildman–Crippen LogP) is 7.19. The first-order valence-corrected chi connectivity index (χ1v) is 11.9. The minimum Gasteiger partial charge on any atom is -0.496 e. The summed E-state index contributed by atoms with van der Waals surface area (Å²) in [6.07, 6.45) is 3.13. The lowest BCUT2D eigenvalue weighted by Crippen LogP contribution is -2.29. The molecule has 1 amide bonds. The van der Waals surface area contributed by atoms with Gasteiger partial charge < -0.3 is 14.4 Å². The molecule has 0 saturated carbocycles. The molecule has 0 aliphatic heterocycles. The second-order valence-electron chi connectivity index (χ2n) is 7.11. The quantitative estimate of drug-likeness (QED) is 0.215. The van der Waals surface area contributed by atoms with Gasteiger partial charge in [0.05, 0.1) is 25.8 Å². The fourth-order valence-electron chi connectivity index (χ4n) is 3.22. The molecule has 0 saturated heterocycles. The van der Waals surface area contributed by atoms with Crippen molar-refractivity contribution < 1.29 is 19.1 Å². The van der Waals surface area contributed by atoms with Crippen LogP contribution in [0.5, 0.6) is 5.75 Å². The molecule has 0 bridgehead atoms. The highest BCUT2D eigenvalue weighted by molar-refractivity contribution is 9.10. The number of hydrogen-bond acceptors (Lipinski definition) is 4. The van der Waals surface area contributed by atoms with Crippen LogP contribution in [-0.4, -0.2) is 25.6 Å². The summed E-state index contributed by atoms with van der Waals surface area (Å²) in [6.45, 7) is 2.16. The van der Waals surface area contributed by atoms with Crippen LogP contribution >= 0.6 is 39.1 Å². The van der Waals surface area contributed by atoms with Gasteiger partial charge in [-0.15, -0.1) is 0 Å². The van der Waals surface area contributed by atoms with Crippen LogP contribution in [-0.2, 0) is 16.1 Å². The Morgan fingerprint density at radius 2 is 1.71 bits per heavy atom. The third-order valence-corrected chi connectivity index (χ3v) is 6.13. The summed E-state index contributed by atoms with van der Waals surface area (Å²) in [6, 6.07) is 17.3. The number of carbonyl (C=O) groups excluding carboxylic acids is 2. The number of esters is 1. The molecule has 34 heavy (non-hydrogen) atoms. The highest BCUT2D eigenvalue weighted by Crippen LogP contribution is 2.29. The molecule has 0 heterocycles. The van der Waals surface area contributed by atoms with E-state index < -0.39 is 5.97 Å². The van der Waals surface area contributed by atoms with Gasteiger partial charge in [-0.1, -0.05) is 45.2 Å². The number of methoxy groups -OCH3 is 1. The Morgan fingerprint density at radius 1 is 1.03 bits per heavy atom. The summed E-state index contributed by atoms with van der Waals surface area (Å²) in [5, 5.41) is 0.900. The van der Waals surface area contributed by atoms with E-state index >= 15 is 0 Å². The third kappa shape index (κ3) is 6.41. The van der Waals surface area contributed by atoms with Crippen molar-refractivity contribution in [3.05, 3.63) is 97.9 Å². The summed E-state index contributed by atoms with van der Waals surface area (Å²) in [4.78, 5) is 26.9. The van der Waals surface area contributed by atoms with E-state index in [4.69, 9.17) is 32.7 Å². The smallest absolute Gasteiger partial charge is 0.338 e. The number of hydrogen-bond donors (Lipinski definition) is 0. The van der Waals surface area contributed by atoms with E-state index in [0.29, 0.717) is 32.6 Å². The van der Waals surface area contributed by atoms with Crippen molar-refractivity contribution in [2.75, 3.05) is 18.6 Å². The molecular weight excluding hydrogens is 541 g/mol. The Hall–Kier alpha value is -2.80. The molecular formula is C26H22BrCl2NO4. The number of nitrogens with zero attached hydrogens (tertiary/aromatic N) is 1. The molecule has 3 aromatic carbocycles. The van der Waals surface area contributed by atoms with Gasteiger partial charge in [-0.3, -0.25) is 4.79 Å². The zero-order valence-electron chi connectivity index (χ0n) is 18.6. The summed E-state index contributed by atoms with van der Waals surface area (Å²) < 4.78 is 11.3. The van der Waals surface area contributed by atoms with Crippen LogP contribution < -0.4 is 9.64 Å². The maximum atomic E-state index is 13.4. The van der Waals surface area contributed by atoms with Crippen molar-refractivity contribution in [1.82, 2.24) is 0 Å². The fourth-order valence-corrected chi connectivity index (χ4v) is 4.11. The highest BCUT2D eigenvalue weighted by atomic mass is 79.9. The largest absolute Gasteiger partial charge is 0.496 e. The van der Waals surface area contributed by atoms with Crippen LogP contribution in [0.1, 0.15) is 28.4 Å². The van der Waals surface area contributed by atoms with Crippen molar-refractivity contribution in [1.29, 1.82) is 0 Å². The van der Waals surface area contributed by atoms with Crippen LogP contribution in [0, 0.1) is 0 Å². The number of ether oxygens (including phenoxy) is 2. The van der Waals surface area contributed by atoms with Crippen molar-refractivity contribution in [3.63, 3.8) is 0 Å². The Kier molecular flexibility index (Phi) is 9.16. The summed E-state index contributed by atoms with van der Waals surface area (Å²) in [5.41, 5.74) is 2.31. The molecule has 3 rings (SSSR count). The van der Waals surface area contributed by atoms with Gasteiger partial charge in [0.2, 0.25) is 0 Å². The van der Waals surface area contributed by atoms with E-state index in [1.165, 1.54) is 11.0 Å². The fraction of sp³-hybridized carbons (Fsp3) is 0.154. The Bertz CT molecular complexity index is 1190. The molecule has 0 aliphatic carbocycles. The third-order valence-electron chi connectivity index (χ3n) is 4.93. The molecule has 0 N–H and O–H groups in total. The van der Waals surface area contributed by atoms with E-state index in [1.807, 2.05) is 18.2 Å². The number of rotatable bonds is 8. The monoisotopic (exact) mass is 561 g/mol. The van der Waals surface area contributed by atoms with Crippen LogP contribution in [0.15, 0.2) is 71.2 Å². The number of benzene rings is 3. The number of amides is 1. The van der Waals surface area contributed by atoms with Gasteiger partial charge in [0.15, 0.2) is 0 Å². The summed E-state index contributed by atoms with van der Waals surface area (Å²) >= 11 is 16.2. The number of halogens is 3. The minimum atomic E-state index is -0.428. The SMILES string of the molecule is CCOC(=O)c1ccc(N(Cc2c(Cl)cccc2Cl)C(=O)/C=C/c2cc(Br)ccc2OC)cc1. The maximum absolute atomic E-state index is 13.4. The second-order valence-corrected chi connectivity index (χ2v) is 8.84. The molecule has 0 unspecified atom stereocenters. The van der Waals surface area contributed by atoms with Gasteiger partial charge in [0.1, 0.15) is 5.75 Å². The van der Waals surface area contributed by atoms with Gasteiger partial charge in [-0.05, 0) is 67.6 Å². The molecule has 3 aromatic rings. The first-order valence-electron chi connectivity index (χ1n) is 10.4. The second kappa shape index (κ2) is 12.1. The summed E-state index contributed by atoms with van der Waals surface area (Å²) in [5.74, 6) is -0.101. The average Bonchev–Trinajstić information content (AvgIpc) is 2.83. The highest BCUT2D eigenvalue weighted by Gasteiger charge is 2.18. The first kappa shape index (κ1) is 25.8. The molecule has 0 fully saturated rings. The van der Waals surface area contributed by atoms with Gasteiger partial charge in [-0.25, -0.2) is 4.79 Å². The molecule has 176 valence electrons. The van der Waals surface area contributed by atoms with Crippen LogP contribution in [0.3, 0.4) is 0 Å². The molecule has 5 nitrogen and oxygen atoms in total. The summed E-state index contributed by atoms with van der Waals surface area (Å²) in [7, 11) is 1.57. The van der Waals surface area contributed by atoms with Crippen molar-refractivity contribution >= 4 is 62.8 Å². The molecule has 8 heteroatoms. The van der Waals surface area contributed by atoms with E-state index in [9.17, 15) is 9.59 Å². The Balaban J connectivity index is 1.97. The van der Waals surface area contributed by atoms with Crippen molar-refractivity contribution in [2.24, 2.45) is 0 Å². The van der Waals surface area contributed by atoms with Gasteiger partial charge in [0, 0.05) is 37.4 Å². The van der Waals surface area contributed by atoms with Crippen LogP contribution in [0.2, 0.25) is 10.0 Å². The lowest BCUT2D eigenvalue weighted by atomic mass is 10.1. The van der Waals surface area contributed by atoms with E-state index in [0.717, 1.165) is 10.0 Å². The van der Waals surface area contributed by atoms with E-state index in [1.54, 1.807) is 62.6 Å². The maximum Gasteiger partial charge on any atom is 0.338 e. The molecule has 0 aliphatic rings. The molecule has 0 radical (unpaired) electrons. The zero-order valence-corrected chi connectivity index (χ0v) is 21.7. The number of anilines is 1. The van der Waals surface area contributed by atoms with Crippen LogP contribution in [0.25, 0.3) is 6.08 Å².